The molecule has 1 unspecified atom stereocenters. The molecule has 0 spiro atoms. The first-order chi connectivity index (χ1) is 14.1. The largest absolute Gasteiger partial charge is 0.371 e. The maximum atomic E-state index is 12.8. The Morgan fingerprint density at radius 3 is 2.41 bits per heavy atom. The van der Waals surface area contributed by atoms with Gasteiger partial charge in [-0.3, -0.25) is 4.79 Å². The molecule has 2 heterocycles. The highest BCUT2D eigenvalue weighted by Gasteiger charge is 2.28. The Bertz CT molecular complexity index is 827. The van der Waals surface area contributed by atoms with E-state index in [2.05, 4.69) is 42.3 Å². The van der Waals surface area contributed by atoms with Gasteiger partial charge in [-0.05, 0) is 68.9 Å². The zero-order valence-electron chi connectivity index (χ0n) is 17.7. The van der Waals surface area contributed by atoms with Crippen LogP contribution in [-0.2, 0) is 0 Å². The van der Waals surface area contributed by atoms with Crippen LogP contribution in [0.1, 0.15) is 47.2 Å². The highest BCUT2D eigenvalue weighted by atomic mass is 16.2. The summed E-state index contributed by atoms with van der Waals surface area (Å²) in [7, 11) is 0. The molecule has 2 aliphatic rings. The smallest absolute Gasteiger partial charge is 0.253 e. The van der Waals surface area contributed by atoms with Gasteiger partial charge in [0.2, 0.25) is 0 Å². The average Bonchev–Trinajstić information content (AvgIpc) is 2.77. The van der Waals surface area contributed by atoms with E-state index in [-0.39, 0.29) is 5.91 Å². The Balaban J connectivity index is 1.30. The maximum Gasteiger partial charge on any atom is 0.253 e. The molecule has 1 N–H and O–H groups in total. The molecule has 29 heavy (non-hydrogen) atoms. The second-order valence-electron chi connectivity index (χ2n) is 8.60. The Kier molecular flexibility index (Phi) is 6.19. The number of piperidine rings is 2. The zero-order chi connectivity index (χ0) is 20.2. The SMILES string of the molecule is Cc1cccc(N2CCC(NC3CCCN(C(=O)c4ccccc4)C3)CC2)c1C. The minimum absolute atomic E-state index is 0.168. The number of amides is 1. The number of nitrogens with one attached hydrogen (secondary N) is 1. The van der Waals surface area contributed by atoms with Crippen LogP contribution in [0.25, 0.3) is 0 Å². The van der Waals surface area contributed by atoms with Crippen LogP contribution in [0.15, 0.2) is 48.5 Å². The lowest BCUT2D eigenvalue weighted by molar-refractivity contribution is 0.0687. The number of carbonyl (C=O) groups excluding carboxylic acids is 1. The number of likely N-dealkylation sites (tertiary alicyclic amines) is 1. The molecule has 0 radical (unpaired) electrons. The van der Waals surface area contributed by atoms with Crippen molar-refractivity contribution in [2.75, 3.05) is 31.1 Å². The van der Waals surface area contributed by atoms with E-state index in [1.165, 1.54) is 16.8 Å². The van der Waals surface area contributed by atoms with Gasteiger partial charge >= 0.3 is 0 Å². The number of carbonyl (C=O) groups is 1. The molecule has 2 aliphatic heterocycles. The van der Waals surface area contributed by atoms with E-state index in [0.717, 1.165) is 57.4 Å². The second-order valence-corrected chi connectivity index (χ2v) is 8.60. The molecule has 0 aromatic heterocycles. The summed E-state index contributed by atoms with van der Waals surface area (Å²) in [4.78, 5) is 17.4. The van der Waals surface area contributed by atoms with Crippen LogP contribution in [0.5, 0.6) is 0 Å². The van der Waals surface area contributed by atoms with Gasteiger partial charge < -0.3 is 15.1 Å². The third-order valence-electron chi connectivity index (χ3n) is 6.61. The fourth-order valence-corrected chi connectivity index (χ4v) is 4.76. The van der Waals surface area contributed by atoms with E-state index in [1.807, 2.05) is 35.2 Å². The summed E-state index contributed by atoms with van der Waals surface area (Å²) in [6.45, 7) is 8.32. The van der Waals surface area contributed by atoms with Gasteiger partial charge in [0, 0.05) is 49.5 Å². The van der Waals surface area contributed by atoms with Crippen LogP contribution in [0, 0.1) is 13.8 Å². The van der Waals surface area contributed by atoms with E-state index in [0.29, 0.717) is 12.1 Å². The highest BCUT2D eigenvalue weighted by molar-refractivity contribution is 5.94. The first-order valence-corrected chi connectivity index (χ1v) is 11.0. The monoisotopic (exact) mass is 391 g/mol. The van der Waals surface area contributed by atoms with E-state index < -0.39 is 0 Å². The topological polar surface area (TPSA) is 35.6 Å². The number of hydrogen-bond donors (Lipinski definition) is 1. The Morgan fingerprint density at radius 1 is 0.897 bits per heavy atom. The normalized spacial score (nSPS) is 20.7. The minimum atomic E-state index is 0.168. The van der Waals surface area contributed by atoms with E-state index in [1.54, 1.807) is 0 Å². The lowest BCUT2D eigenvalue weighted by Gasteiger charge is -2.39. The predicted molar refractivity (Wildman–Crippen MR) is 120 cm³/mol. The zero-order valence-corrected chi connectivity index (χ0v) is 17.7. The molecular weight excluding hydrogens is 358 g/mol. The van der Waals surface area contributed by atoms with Crippen LogP contribution >= 0.6 is 0 Å². The highest BCUT2D eigenvalue weighted by Crippen LogP contribution is 2.26. The number of anilines is 1. The van der Waals surface area contributed by atoms with Crippen LogP contribution in [0.2, 0.25) is 0 Å². The molecule has 2 saturated heterocycles. The van der Waals surface area contributed by atoms with Gasteiger partial charge in [-0.2, -0.15) is 0 Å². The number of aryl methyl sites for hydroxylation is 1. The fourth-order valence-electron chi connectivity index (χ4n) is 4.76. The molecule has 0 aliphatic carbocycles. The molecule has 154 valence electrons. The molecule has 0 bridgehead atoms. The average molecular weight is 392 g/mol. The van der Waals surface area contributed by atoms with Crippen LogP contribution in [0.3, 0.4) is 0 Å². The molecule has 4 nitrogen and oxygen atoms in total. The molecule has 4 heteroatoms. The molecule has 0 saturated carbocycles. The predicted octanol–water partition coefficient (Wildman–Crippen LogP) is 4.17. The van der Waals surface area contributed by atoms with Crippen molar-refractivity contribution in [3.8, 4) is 0 Å². The van der Waals surface area contributed by atoms with E-state index >= 15 is 0 Å². The lowest BCUT2D eigenvalue weighted by Crippen LogP contribution is -2.53. The van der Waals surface area contributed by atoms with Gasteiger partial charge in [-0.25, -0.2) is 0 Å². The van der Waals surface area contributed by atoms with Gasteiger partial charge in [0.1, 0.15) is 0 Å². The number of rotatable bonds is 4. The van der Waals surface area contributed by atoms with Crippen molar-refractivity contribution < 1.29 is 4.79 Å². The summed E-state index contributed by atoms with van der Waals surface area (Å²) in [6, 6.07) is 17.3. The van der Waals surface area contributed by atoms with Crippen LogP contribution in [-0.4, -0.2) is 49.1 Å². The first kappa shape index (κ1) is 20.0. The molecule has 4 rings (SSSR count). The Morgan fingerprint density at radius 2 is 1.66 bits per heavy atom. The van der Waals surface area contributed by atoms with E-state index in [9.17, 15) is 4.79 Å². The van der Waals surface area contributed by atoms with Gasteiger partial charge in [0.15, 0.2) is 0 Å². The third-order valence-corrected chi connectivity index (χ3v) is 6.61. The van der Waals surface area contributed by atoms with Gasteiger partial charge in [-0.1, -0.05) is 30.3 Å². The van der Waals surface area contributed by atoms with Crippen molar-refractivity contribution in [3.63, 3.8) is 0 Å². The molecule has 2 aromatic rings. The summed E-state index contributed by atoms with van der Waals surface area (Å²) in [5.41, 5.74) is 4.96. The summed E-state index contributed by atoms with van der Waals surface area (Å²) < 4.78 is 0. The number of nitrogens with zero attached hydrogens (tertiary/aromatic N) is 2. The molecule has 1 atom stereocenters. The van der Waals surface area contributed by atoms with Gasteiger partial charge in [0.25, 0.3) is 5.91 Å². The van der Waals surface area contributed by atoms with Crippen molar-refractivity contribution in [3.05, 3.63) is 65.2 Å². The number of benzene rings is 2. The minimum Gasteiger partial charge on any atom is -0.371 e. The number of hydrogen-bond acceptors (Lipinski definition) is 3. The quantitative estimate of drug-likeness (QED) is 0.850. The summed E-state index contributed by atoms with van der Waals surface area (Å²) in [5.74, 6) is 0.168. The molecule has 2 aromatic carbocycles. The van der Waals surface area contributed by atoms with E-state index in [4.69, 9.17) is 0 Å². The van der Waals surface area contributed by atoms with Crippen molar-refractivity contribution >= 4 is 11.6 Å². The van der Waals surface area contributed by atoms with Crippen molar-refractivity contribution in [1.82, 2.24) is 10.2 Å². The Hall–Kier alpha value is -2.33. The lowest BCUT2D eigenvalue weighted by atomic mass is 9.98. The standard InChI is InChI=1S/C25H33N3O/c1-19-8-6-12-24(20(19)2)27-16-13-22(14-17-27)26-23-11-7-15-28(18-23)25(29)21-9-4-3-5-10-21/h3-6,8-10,12,22-23,26H,7,11,13-18H2,1-2H3. The van der Waals surface area contributed by atoms with Crippen LogP contribution in [0.4, 0.5) is 5.69 Å². The summed E-state index contributed by atoms with van der Waals surface area (Å²) >= 11 is 0. The summed E-state index contributed by atoms with van der Waals surface area (Å²) in [5, 5.41) is 3.87. The van der Waals surface area contributed by atoms with Crippen molar-refractivity contribution in [1.29, 1.82) is 0 Å². The summed E-state index contributed by atoms with van der Waals surface area (Å²) in [6.07, 6.45) is 4.57. The van der Waals surface area contributed by atoms with Crippen LogP contribution < -0.4 is 10.2 Å². The van der Waals surface area contributed by atoms with Gasteiger partial charge in [-0.15, -0.1) is 0 Å². The van der Waals surface area contributed by atoms with Crippen molar-refractivity contribution in [2.24, 2.45) is 0 Å². The third kappa shape index (κ3) is 4.64. The van der Waals surface area contributed by atoms with Crippen molar-refractivity contribution in [2.45, 2.75) is 51.6 Å². The second kappa shape index (κ2) is 9.00. The first-order valence-electron chi connectivity index (χ1n) is 11.0. The maximum absolute atomic E-state index is 12.8. The Labute approximate surface area is 174 Å². The molecule has 1 amide bonds. The molecular formula is C25H33N3O. The molecule has 2 fully saturated rings. The fraction of sp³-hybridized carbons (Fsp3) is 0.480. The van der Waals surface area contributed by atoms with Gasteiger partial charge in [0.05, 0.1) is 0 Å².